The third-order valence-electron chi connectivity index (χ3n) is 4.20. The van der Waals surface area contributed by atoms with Gasteiger partial charge in [0.1, 0.15) is 5.75 Å². The molecule has 0 heterocycles. The Bertz CT molecular complexity index is 785. The van der Waals surface area contributed by atoms with E-state index in [0.29, 0.717) is 12.3 Å². The van der Waals surface area contributed by atoms with Crippen LogP contribution in [0.15, 0.2) is 79.5 Å². The molecule has 0 aliphatic carbocycles. The lowest BCUT2D eigenvalue weighted by Gasteiger charge is -2.21. The number of amides is 1. The number of nitrogens with zero attached hydrogens (tertiary/aromatic N) is 1. The van der Waals surface area contributed by atoms with E-state index in [1.165, 1.54) is 0 Å². The molecule has 2 aromatic rings. The molecule has 1 atom stereocenters. The highest BCUT2D eigenvalue weighted by molar-refractivity contribution is 7.85. The van der Waals surface area contributed by atoms with Crippen molar-refractivity contribution in [2.45, 2.75) is 26.3 Å². The van der Waals surface area contributed by atoms with Crippen molar-refractivity contribution in [3.63, 3.8) is 0 Å². The summed E-state index contributed by atoms with van der Waals surface area (Å²) in [5, 5.41) is 0. The lowest BCUT2D eigenvalue weighted by atomic mass is 10.0. The molecule has 0 bridgehead atoms. The van der Waals surface area contributed by atoms with Crippen molar-refractivity contribution in [3.8, 4) is 0 Å². The third-order valence-corrected chi connectivity index (χ3v) is 5.41. The molecule has 0 aromatic heterocycles. The highest BCUT2D eigenvalue weighted by Gasteiger charge is 2.16. The summed E-state index contributed by atoms with van der Waals surface area (Å²) in [5.74, 6) is 0.408. The maximum absolute atomic E-state index is 12.8. The Labute approximate surface area is 164 Å². The lowest BCUT2D eigenvalue weighted by Crippen LogP contribution is -2.30. The summed E-state index contributed by atoms with van der Waals surface area (Å²) in [7, 11) is -1.14. The van der Waals surface area contributed by atoms with Gasteiger partial charge in [0.15, 0.2) is 0 Å². The molecular weight excluding hydrogens is 354 g/mol. The summed E-state index contributed by atoms with van der Waals surface area (Å²) < 4.78 is 11.9. The molecular formula is C23H27NO2S. The Balaban J connectivity index is 2.35. The standard InChI is InChI=1S/C23H27NO2S/c1-3-5-14-22(21-15-10-7-11-16-21)18-24(23(25)19-27(26)4-2)17-20-12-8-6-9-13-20/h3,6-13,15-16,18H,1,4-5,14,17,19H2,2H3/b22-18+. The molecule has 0 aliphatic rings. The Kier molecular flexibility index (Phi) is 8.72. The van der Waals surface area contributed by atoms with Crippen molar-refractivity contribution >= 4 is 22.3 Å². The van der Waals surface area contributed by atoms with Gasteiger partial charge in [-0.1, -0.05) is 73.7 Å². The SMILES string of the molecule is C=CCC/C(=C\N(Cc1ccccc1)C(=O)CS(=O)CC)c1ccccc1. The van der Waals surface area contributed by atoms with Crippen LogP contribution in [0, 0.1) is 0 Å². The monoisotopic (exact) mass is 381 g/mol. The molecule has 0 radical (unpaired) electrons. The fourth-order valence-corrected chi connectivity index (χ4v) is 3.34. The van der Waals surface area contributed by atoms with Crippen LogP contribution in [-0.4, -0.2) is 26.5 Å². The van der Waals surface area contributed by atoms with Crippen molar-refractivity contribution in [2.75, 3.05) is 11.5 Å². The van der Waals surface area contributed by atoms with E-state index in [2.05, 4.69) is 6.58 Å². The number of hydrogen-bond donors (Lipinski definition) is 0. The normalized spacial score (nSPS) is 12.4. The van der Waals surface area contributed by atoms with Gasteiger partial charge in [-0.15, -0.1) is 6.58 Å². The van der Waals surface area contributed by atoms with E-state index in [1.807, 2.05) is 79.9 Å². The largest absolute Gasteiger partial charge is 0.314 e. The molecule has 1 amide bonds. The summed E-state index contributed by atoms with van der Waals surface area (Å²) in [4.78, 5) is 14.5. The molecule has 3 nitrogen and oxygen atoms in total. The van der Waals surface area contributed by atoms with Crippen LogP contribution in [0.1, 0.15) is 30.9 Å². The highest BCUT2D eigenvalue weighted by Crippen LogP contribution is 2.22. The van der Waals surface area contributed by atoms with Crippen molar-refractivity contribution in [1.82, 2.24) is 4.90 Å². The minimum absolute atomic E-state index is 0.0450. The van der Waals surface area contributed by atoms with Crippen LogP contribution in [0.4, 0.5) is 0 Å². The molecule has 0 N–H and O–H groups in total. The predicted molar refractivity (Wildman–Crippen MR) is 114 cm³/mol. The van der Waals surface area contributed by atoms with Gasteiger partial charge in [-0.25, -0.2) is 0 Å². The van der Waals surface area contributed by atoms with Crippen LogP contribution in [-0.2, 0) is 22.1 Å². The molecule has 0 aliphatic heterocycles. The van der Waals surface area contributed by atoms with E-state index in [0.717, 1.165) is 29.5 Å². The van der Waals surface area contributed by atoms with Crippen LogP contribution < -0.4 is 0 Å². The molecule has 0 saturated heterocycles. The van der Waals surface area contributed by atoms with Crippen molar-refractivity contribution < 1.29 is 9.00 Å². The van der Waals surface area contributed by atoms with Gasteiger partial charge in [-0.3, -0.25) is 9.00 Å². The molecule has 4 heteroatoms. The van der Waals surface area contributed by atoms with Gasteiger partial charge in [0.2, 0.25) is 5.91 Å². The number of carbonyl (C=O) groups excluding carboxylic acids is 1. The number of allylic oxidation sites excluding steroid dienone is 2. The van der Waals surface area contributed by atoms with Crippen molar-refractivity contribution in [1.29, 1.82) is 0 Å². The Morgan fingerprint density at radius 2 is 1.70 bits per heavy atom. The topological polar surface area (TPSA) is 37.4 Å². The maximum atomic E-state index is 12.8. The molecule has 142 valence electrons. The minimum atomic E-state index is -1.14. The smallest absolute Gasteiger partial charge is 0.239 e. The van der Waals surface area contributed by atoms with Gasteiger partial charge in [-0.2, -0.15) is 0 Å². The lowest BCUT2D eigenvalue weighted by molar-refractivity contribution is -0.126. The van der Waals surface area contributed by atoms with E-state index in [9.17, 15) is 9.00 Å². The fraction of sp³-hybridized carbons (Fsp3) is 0.261. The van der Waals surface area contributed by atoms with Crippen LogP contribution in [0.2, 0.25) is 0 Å². The molecule has 0 saturated carbocycles. The summed E-state index contributed by atoms with van der Waals surface area (Å²) in [6.07, 6.45) is 5.42. The van der Waals surface area contributed by atoms with E-state index in [4.69, 9.17) is 0 Å². The van der Waals surface area contributed by atoms with Crippen molar-refractivity contribution in [2.24, 2.45) is 0 Å². The molecule has 0 spiro atoms. The molecule has 27 heavy (non-hydrogen) atoms. The average Bonchev–Trinajstić information content (AvgIpc) is 2.71. The quantitative estimate of drug-likeness (QED) is 0.555. The first kappa shape index (κ1) is 20.8. The number of carbonyl (C=O) groups is 1. The minimum Gasteiger partial charge on any atom is -0.314 e. The first-order valence-electron chi connectivity index (χ1n) is 9.19. The van der Waals surface area contributed by atoms with Crippen LogP contribution in [0.3, 0.4) is 0 Å². The predicted octanol–water partition coefficient (Wildman–Crippen LogP) is 4.79. The third kappa shape index (κ3) is 6.99. The Morgan fingerprint density at radius 1 is 1.07 bits per heavy atom. The Hall–Kier alpha value is -2.46. The van der Waals surface area contributed by atoms with Gasteiger partial charge in [-0.05, 0) is 29.5 Å². The molecule has 2 rings (SSSR count). The first-order valence-corrected chi connectivity index (χ1v) is 10.7. The summed E-state index contributed by atoms with van der Waals surface area (Å²) in [5.41, 5.74) is 3.20. The molecule has 0 fully saturated rings. The highest BCUT2D eigenvalue weighted by atomic mass is 32.2. The second-order valence-corrected chi connectivity index (χ2v) is 7.97. The first-order chi connectivity index (χ1) is 13.1. The summed E-state index contributed by atoms with van der Waals surface area (Å²) in [6, 6.07) is 19.9. The van der Waals surface area contributed by atoms with Crippen molar-refractivity contribution in [3.05, 3.63) is 90.6 Å². The second-order valence-electron chi connectivity index (χ2n) is 6.23. The number of rotatable bonds is 10. The Morgan fingerprint density at radius 3 is 2.30 bits per heavy atom. The van der Waals surface area contributed by atoms with Gasteiger partial charge in [0.25, 0.3) is 0 Å². The van der Waals surface area contributed by atoms with E-state index < -0.39 is 10.8 Å². The maximum Gasteiger partial charge on any atom is 0.239 e. The zero-order chi connectivity index (χ0) is 19.5. The van der Waals surface area contributed by atoms with Crippen LogP contribution in [0.5, 0.6) is 0 Å². The van der Waals surface area contributed by atoms with Crippen LogP contribution in [0.25, 0.3) is 5.57 Å². The van der Waals surface area contributed by atoms with Gasteiger partial charge in [0.05, 0.1) is 6.54 Å². The van der Waals surface area contributed by atoms with Crippen LogP contribution >= 0.6 is 0 Å². The number of hydrogen-bond acceptors (Lipinski definition) is 2. The van der Waals surface area contributed by atoms with Gasteiger partial charge >= 0.3 is 0 Å². The summed E-state index contributed by atoms with van der Waals surface area (Å²) >= 11 is 0. The average molecular weight is 382 g/mol. The summed E-state index contributed by atoms with van der Waals surface area (Å²) in [6.45, 7) is 6.11. The molecule has 2 aromatic carbocycles. The number of benzene rings is 2. The van der Waals surface area contributed by atoms with E-state index in [-0.39, 0.29) is 11.7 Å². The van der Waals surface area contributed by atoms with E-state index >= 15 is 0 Å². The molecule has 1 unspecified atom stereocenters. The van der Waals surface area contributed by atoms with Gasteiger partial charge in [0, 0.05) is 22.8 Å². The fourth-order valence-electron chi connectivity index (χ4n) is 2.69. The zero-order valence-corrected chi connectivity index (χ0v) is 16.7. The zero-order valence-electron chi connectivity index (χ0n) is 15.8. The van der Waals surface area contributed by atoms with Gasteiger partial charge < -0.3 is 4.90 Å². The van der Waals surface area contributed by atoms with E-state index in [1.54, 1.807) is 4.90 Å². The second kappa shape index (κ2) is 11.3.